The molecule has 0 aliphatic carbocycles. The number of piperidine rings is 1. The van der Waals surface area contributed by atoms with Crippen LogP contribution in [0.3, 0.4) is 0 Å². The van der Waals surface area contributed by atoms with Crippen LogP contribution in [0.15, 0.2) is 53.3 Å². The fraction of sp³-hybridized carbons (Fsp3) is 0.457. The van der Waals surface area contributed by atoms with E-state index in [1.807, 2.05) is 17.0 Å². The number of carbonyl (C=O) groups is 4. The second-order valence-electron chi connectivity index (χ2n) is 17.3. The first-order chi connectivity index (χ1) is 30.8. The maximum Gasteiger partial charge on any atom is 0.280 e. The highest BCUT2D eigenvalue weighted by Gasteiger charge is 2.39. The van der Waals surface area contributed by atoms with Crippen molar-refractivity contribution in [2.75, 3.05) is 74.6 Å². The van der Waals surface area contributed by atoms with Gasteiger partial charge in [-0.2, -0.15) is 4.99 Å². The number of piperazine rings is 1. The van der Waals surface area contributed by atoms with Crippen molar-refractivity contribution in [2.24, 2.45) is 16.8 Å². The number of nitrogens with zero attached hydrogens (tertiary/aromatic N) is 6. The van der Waals surface area contributed by atoms with Crippen molar-refractivity contribution in [3.63, 3.8) is 0 Å². The van der Waals surface area contributed by atoms with Crippen LogP contribution < -0.4 is 25.8 Å². The maximum absolute atomic E-state index is 15.4. The lowest BCUT2D eigenvalue weighted by molar-refractivity contribution is -0.141. The van der Waals surface area contributed by atoms with Gasteiger partial charge in [-0.3, -0.25) is 34.4 Å². The van der Waals surface area contributed by atoms with Crippen molar-refractivity contribution in [3.8, 4) is 0 Å². The van der Waals surface area contributed by atoms with Crippen LogP contribution in [-0.2, 0) is 25.7 Å². The molecule has 5 aliphatic rings. The van der Waals surface area contributed by atoms with Gasteiger partial charge < -0.3 is 40.6 Å². The normalized spacial score (nSPS) is 25.2. The van der Waals surface area contributed by atoms with Crippen molar-refractivity contribution in [2.45, 2.75) is 64.5 Å². The lowest BCUT2D eigenvalue weighted by atomic mass is 9.89. The molecule has 0 saturated carbocycles. The average Bonchev–Trinajstić information content (AvgIpc) is 3.89. The fourth-order valence-corrected chi connectivity index (χ4v) is 9.47. The molecule has 4 amide bonds. The van der Waals surface area contributed by atoms with Crippen LogP contribution in [0.5, 0.6) is 0 Å². The van der Waals surface area contributed by atoms with E-state index < -0.39 is 47.2 Å². The van der Waals surface area contributed by atoms with Crippen molar-refractivity contribution in [3.05, 3.63) is 88.1 Å². The van der Waals surface area contributed by atoms with Crippen molar-refractivity contribution in [1.82, 2.24) is 25.4 Å². The third-order valence-electron chi connectivity index (χ3n) is 12.8. The SMILES string of the molecule is CN/C1=C(\C=N)c2cc(cc(C)n2)C(=O)/N=C2\Nc3ccc(CN4CCN(C(=O)[C@@H]5CCN(c6cc(F)c([C@H]7CCC(=O)NC7=O)c(F)c6)C5)[C@H](CO)C4)cc3N2C[C@H](C)CCCO1. The molecule has 64 heavy (non-hydrogen) atoms. The van der Waals surface area contributed by atoms with Crippen LogP contribution >= 0.6 is 0 Å². The zero-order chi connectivity index (χ0) is 45.2. The van der Waals surface area contributed by atoms with Gasteiger partial charge in [0.15, 0.2) is 5.88 Å². The molecule has 4 atom stereocenters. The van der Waals surface area contributed by atoms with Crippen LogP contribution in [0.1, 0.15) is 77.8 Å². The number of pyridine rings is 1. The predicted molar refractivity (Wildman–Crippen MR) is 237 cm³/mol. The number of aryl methyl sites for hydroxylation is 1. The number of aromatic nitrogens is 1. The minimum atomic E-state index is -1.10. The molecule has 2 aromatic carbocycles. The van der Waals surface area contributed by atoms with Crippen LogP contribution in [-0.4, -0.2) is 121 Å². The summed E-state index contributed by atoms with van der Waals surface area (Å²) >= 11 is 0. The van der Waals surface area contributed by atoms with Crippen molar-refractivity contribution >= 4 is 58.4 Å². The second-order valence-corrected chi connectivity index (χ2v) is 17.3. The predicted octanol–water partition coefficient (Wildman–Crippen LogP) is 4.13. The third kappa shape index (κ3) is 9.20. The Labute approximate surface area is 370 Å². The molecule has 3 aromatic rings. The van der Waals surface area contributed by atoms with Gasteiger partial charge in [-0.25, -0.2) is 8.78 Å². The number of amides is 4. The molecular formula is C46H54F2N10O6. The summed E-state index contributed by atoms with van der Waals surface area (Å²) in [6.07, 6.45) is 3.25. The molecule has 0 unspecified atom stereocenters. The summed E-state index contributed by atoms with van der Waals surface area (Å²) in [6, 6.07) is 11.3. The monoisotopic (exact) mass is 880 g/mol. The first-order valence-electron chi connectivity index (χ1n) is 21.9. The van der Waals surface area contributed by atoms with Gasteiger partial charge in [-0.1, -0.05) is 13.0 Å². The summed E-state index contributed by atoms with van der Waals surface area (Å²) in [5, 5.41) is 27.2. The van der Waals surface area contributed by atoms with E-state index in [4.69, 9.17) is 10.1 Å². The van der Waals surface area contributed by atoms with Gasteiger partial charge in [-0.05, 0) is 80.5 Å². The largest absolute Gasteiger partial charge is 0.479 e. The van der Waals surface area contributed by atoms with E-state index in [1.54, 1.807) is 35.9 Å². The molecule has 6 heterocycles. The Balaban J connectivity index is 0.937. The maximum atomic E-state index is 15.4. The molecular weight excluding hydrogens is 827 g/mol. The van der Waals surface area contributed by atoms with Gasteiger partial charge in [0, 0.05) is 88.0 Å². The highest BCUT2D eigenvalue weighted by atomic mass is 19.1. The standard InChI is InChI=1S/C46H54F2N10O6/c1-26-5-4-14-64-44(50-3)34(20-49)38-17-30(15-27(2)51-38)42(61)54-46-52-37-8-6-28(16-39(37)58(46)21-26)22-55-12-13-57(32(24-55)25-59)45(63)29-10-11-56(23-29)31-18-35(47)41(36(48)19-31)33-7-9-40(60)53-43(33)62/h6,8,15-20,26,29,32-33,49-50,59H,4-5,7,9-14,21-25H2,1-3H3,(H,52,54,61)(H,53,60,62)/b44-34-,49-20?/t26-,29-,32+,33-/m1/s1. The number of ether oxygens (including phenoxy) is 1. The minimum Gasteiger partial charge on any atom is -0.479 e. The Bertz CT molecular complexity index is 2400. The molecule has 5 N–H and O–H groups in total. The number of rotatable bonds is 8. The number of carbonyl (C=O) groups excluding carboxylic acids is 4. The third-order valence-corrected chi connectivity index (χ3v) is 12.8. The summed E-state index contributed by atoms with van der Waals surface area (Å²) < 4.78 is 36.8. The lowest BCUT2D eigenvalue weighted by Crippen LogP contribution is -2.57. The van der Waals surface area contributed by atoms with Gasteiger partial charge >= 0.3 is 0 Å². The van der Waals surface area contributed by atoms with Crippen LogP contribution in [0.25, 0.3) is 5.57 Å². The number of fused-ring (bicyclic) bond motifs is 5. The Kier molecular flexibility index (Phi) is 13.0. The minimum absolute atomic E-state index is 0.000850. The molecule has 1 aromatic heterocycles. The van der Waals surface area contributed by atoms with E-state index >= 15 is 8.78 Å². The molecule has 0 radical (unpaired) electrons. The number of aliphatic hydroxyl groups is 1. The Morgan fingerprint density at radius 3 is 2.55 bits per heavy atom. The van der Waals surface area contributed by atoms with E-state index in [2.05, 4.69) is 43.8 Å². The number of aliphatic imine (C=N–C) groups is 1. The number of allylic oxidation sites excluding steroid dienone is 1. The first kappa shape index (κ1) is 44.3. The van der Waals surface area contributed by atoms with Crippen LogP contribution in [0.2, 0.25) is 0 Å². The van der Waals surface area contributed by atoms with Crippen LogP contribution in [0.4, 0.5) is 25.8 Å². The number of nitrogens with one attached hydrogen (secondary N) is 4. The number of imide groups is 1. The van der Waals surface area contributed by atoms with E-state index in [0.29, 0.717) is 86.7 Å². The molecule has 18 heteroatoms. The molecule has 5 aliphatic heterocycles. The summed E-state index contributed by atoms with van der Waals surface area (Å²) in [5.74, 6) is -4.00. The van der Waals surface area contributed by atoms with Gasteiger partial charge in [-0.15, -0.1) is 0 Å². The Morgan fingerprint density at radius 1 is 1.02 bits per heavy atom. The van der Waals surface area contributed by atoms with Gasteiger partial charge in [0.2, 0.25) is 23.7 Å². The molecule has 338 valence electrons. The number of halogens is 2. The average molecular weight is 881 g/mol. The molecule has 2 bridgehead atoms. The molecule has 0 spiro atoms. The highest BCUT2D eigenvalue weighted by molar-refractivity contribution is 6.19. The van der Waals surface area contributed by atoms with E-state index in [1.165, 1.54) is 18.3 Å². The number of benzene rings is 2. The summed E-state index contributed by atoms with van der Waals surface area (Å²) in [7, 11) is 1.72. The van der Waals surface area contributed by atoms with Gasteiger partial charge in [0.25, 0.3) is 5.91 Å². The molecule has 8 rings (SSSR count). The summed E-state index contributed by atoms with van der Waals surface area (Å²) in [4.78, 5) is 68.7. The van der Waals surface area contributed by atoms with E-state index in [-0.39, 0.29) is 49.1 Å². The quantitative estimate of drug-likeness (QED) is 0.161. The summed E-state index contributed by atoms with van der Waals surface area (Å²) in [5.41, 5.74) is 4.42. The number of aliphatic hydroxyl groups excluding tert-OH is 1. The van der Waals surface area contributed by atoms with Gasteiger partial charge in [0.05, 0.1) is 53.7 Å². The lowest BCUT2D eigenvalue weighted by Gasteiger charge is -2.41. The van der Waals surface area contributed by atoms with Crippen LogP contribution in [0, 0.1) is 35.8 Å². The number of anilines is 3. The smallest absolute Gasteiger partial charge is 0.280 e. The first-order valence-corrected chi connectivity index (χ1v) is 21.9. The fourth-order valence-electron chi connectivity index (χ4n) is 9.47. The second kappa shape index (κ2) is 18.8. The highest BCUT2D eigenvalue weighted by Crippen LogP contribution is 2.37. The molecule has 3 saturated heterocycles. The topological polar surface area (TPSA) is 196 Å². The van der Waals surface area contributed by atoms with Crippen molar-refractivity contribution < 1.29 is 37.8 Å². The van der Waals surface area contributed by atoms with Gasteiger partial charge in [0.1, 0.15) is 11.6 Å². The molecule has 3 fully saturated rings. The summed E-state index contributed by atoms with van der Waals surface area (Å²) in [6.45, 7) is 7.31. The zero-order valence-electron chi connectivity index (χ0n) is 36.3. The van der Waals surface area contributed by atoms with E-state index in [9.17, 15) is 24.3 Å². The Morgan fingerprint density at radius 2 is 1.81 bits per heavy atom. The zero-order valence-corrected chi connectivity index (χ0v) is 36.3. The van der Waals surface area contributed by atoms with Crippen molar-refractivity contribution in [1.29, 1.82) is 5.41 Å². The number of hydrogen-bond acceptors (Lipinski definition) is 13. The Hall–Kier alpha value is -6.27. The molecule has 16 nitrogen and oxygen atoms in total. The van der Waals surface area contributed by atoms with E-state index in [0.717, 1.165) is 29.8 Å². The number of hydrogen-bond donors (Lipinski definition) is 5. The number of guanidine groups is 1.